The van der Waals surface area contributed by atoms with E-state index in [0.717, 1.165) is 12.8 Å². The molecule has 0 radical (unpaired) electrons. The normalized spacial score (nSPS) is 22.0. The van der Waals surface area contributed by atoms with Gasteiger partial charge in [-0.2, -0.15) is 0 Å². The van der Waals surface area contributed by atoms with Crippen molar-refractivity contribution in [3.05, 3.63) is 11.9 Å². The number of amides is 1. The molecule has 2 rings (SSSR count). The molecule has 0 bridgehead atoms. The molecule has 2 unspecified atom stereocenters. The first kappa shape index (κ1) is 15.5. The maximum absolute atomic E-state index is 11.9. The molecule has 1 amide bonds. The average molecular weight is 294 g/mol. The number of hydrogen-bond donors (Lipinski definition) is 2. The van der Waals surface area contributed by atoms with Crippen molar-refractivity contribution in [3.8, 4) is 0 Å². The Morgan fingerprint density at radius 1 is 1.48 bits per heavy atom. The van der Waals surface area contributed by atoms with Gasteiger partial charge in [0.2, 0.25) is 5.91 Å². The molecule has 1 heterocycles. The molecular weight excluding hydrogens is 272 g/mol. The number of rotatable bonds is 6. The number of nitrogens with one attached hydrogen (secondary N) is 1. The molecule has 2 N–H and O–H groups in total. The van der Waals surface area contributed by atoms with Gasteiger partial charge in [0, 0.05) is 6.42 Å². The average Bonchev–Trinajstić information content (AvgIpc) is 2.83. The Bertz CT molecular complexity index is 500. The molecular formula is C14H22N4O3. The van der Waals surface area contributed by atoms with Crippen LogP contribution in [0.3, 0.4) is 0 Å². The zero-order chi connectivity index (χ0) is 15.2. The van der Waals surface area contributed by atoms with Crippen molar-refractivity contribution >= 4 is 11.9 Å². The second-order valence-electron chi connectivity index (χ2n) is 5.92. The van der Waals surface area contributed by atoms with Gasteiger partial charge in [-0.25, -0.2) is 4.68 Å². The number of aliphatic carboxylic acids is 1. The summed E-state index contributed by atoms with van der Waals surface area (Å²) in [5, 5.41) is 19.0. The lowest BCUT2D eigenvalue weighted by Gasteiger charge is -2.26. The van der Waals surface area contributed by atoms with Gasteiger partial charge in [-0.3, -0.25) is 9.59 Å². The van der Waals surface area contributed by atoms with E-state index in [-0.39, 0.29) is 12.5 Å². The molecule has 1 aromatic heterocycles. The van der Waals surface area contributed by atoms with E-state index in [0.29, 0.717) is 30.5 Å². The van der Waals surface area contributed by atoms with Crippen LogP contribution < -0.4 is 5.32 Å². The zero-order valence-corrected chi connectivity index (χ0v) is 12.3. The number of hydrogen-bond acceptors (Lipinski definition) is 4. The second-order valence-corrected chi connectivity index (χ2v) is 5.92. The van der Waals surface area contributed by atoms with Crippen molar-refractivity contribution in [2.75, 3.05) is 0 Å². The van der Waals surface area contributed by atoms with Crippen LogP contribution in [0.2, 0.25) is 0 Å². The fourth-order valence-corrected chi connectivity index (χ4v) is 2.90. The van der Waals surface area contributed by atoms with Crippen molar-refractivity contribution in [3.63, 3.8) is 0 Å². The van der Waals surface area contributed by atoms with Gasteiger partial charge in [-0.05, 0) is 24.7 Å². The molecule has 0 aliphatic heterocycles. The molecule has 1 aromatic rings. The summed E-state index contributed by atoms with van der Waals surface area (Å²) in [5.41, 5.74) is 0.571. The minimum Gasteiger partial charge on any atom is -0.480 e. The van der Waals surface area contributed by atoms with Crippen LogP contribution in [0.25, 0.3) is 0 Å². The van der Waals surface area contributed by atoms with E-state index in [1.807, 2.05) is 0 Å². The molecule has 7 nitrogen and oxygen atoms in total. The van der Waals surface area contributed by atoms with E-state index in [1.165, 1.54) is 23.7 Å². The van der Waals surface area contributed by atoms with Crippen LogP contribution in [0.1, 0.15) is 44.7 Å². The molecule has 0 aromatic carbocycles. The van der Waals surface area contributed by atoms with Gasteiger partial charge in [0.1, 0.15) is 12.2 Å². The summed E-state index contributed by atoms with van der Waals surface area (Å²) in [6, 6.07) is 0. The molecule has 1 aliphatic carbocycles. The molecule has 1 fully saturated rings. The van der Waals surface area contributed by atoms with Crippen LogP contribution in [0.5, 0.6) is 0 Å². The first-order chi connectivity index (χ1) is 10.0. The molecule has 0 spiro atoms. The summed E-state index contributed by atoms with van der Waals surface area (Å²) in [6.45, 7) is 2.31. The highest BCUT2D eigenvalue weighted by molar-refractivity contribution is 5.76. The predicted octanol–water partition coefficient (Wildman–Crippen LogP) is 1.20. The SMILES string of the molecule is CC1CCCC(CC(=O)NCc2cn(CC(=O)O)nn2)C1. The van der Waals surface area contributed by atoms with E-state index < -0.39 is 5.97 Å². The van der Waals surface area contributed by atoms with Crippen molar-refractivity contribution in [2.45, 2.75) is 52.1 Å². The molecule has 2 atom stereocenters. The van der Waals surface area contributed by atoms with E-state index in [2.05, 4.69) is 22.6 Å². The number of carboxylic acids is 1. The van der Waals surface area contributed by atoms with Gasteiger partial charge in [0.25, 0.3) is 0 Å². The molecule has 7 heteroatoms. The number of nitrogens with zero attached hydrogens (tertiary/aromatic N) is 3. The first-order valence-electron chi connectivity index (χ1n) is 7.40. The lowest BCUT2D eigenvalue weighted by Crippen LogP contribution is -2.27. The minimum atomic E-state index is -0.970. The largest absolute Gasteiger partial charge is 0.480 e. The standard InChI is InChI=1S/C14H22N4O3/c1-10-3-2-4-11(5-10)6-13(19)15-7-12-8-18(17-16-12)9-14(20)21/h8,10-11H,2-7,9H2,1H3,(H,15,19)(H,20,21). The molecule has 21 heavy (non-hydrogen) atoms. The molecule has 116 valence electrons. The monoisotopic (exact) mass is 294 g/mol. The molecule has 1 aliphatic rings. The van der Waals surface area contributed by atoms with Crippen LogP contribution in [-0.4, -0.2) is 32.0 Å². The van der Waals surface area contributed by atoms with Crippen molar-refractivity contribution in [2.24, 2.45) is 11.8 Å². The van der Waals surface area contributed by atoms with Crippen LogP contribution in [-0.2, 0) is 22.7 Å². The smallest absolute Gasteiger partial charge is 0.325 e. The summed E-state index contributed by atoms with van der Waals surface area (Å²) in [4.78, 5) is 22.4. The molecule has 0 saturated heterocycles. The number of carbonyl (C=O) groups excluding carboxylic acids is 1. The van der Waals surface area contributed by atoms with Gasteiger partial charge in [-0.15, -0.1) is 5.10 Å². The van der Waals surface area contributed by atoms with E-state index in [1.54, 1.807) is 0 Å². The van der Waals surface area contributed by atoms with Crippen molar-refractivity contribution in [1.82, 2.24) is 20.3 Å². The fourth-order valence-electron chi connectivity index (χ4n) is 2.90. The number of carboxylic acid groups (broad SMARTS) is 1. The van der Waals surface area contributed by atoms with Crippen LogP contribution in [0.15, 0.2) is 6.20 Å². The number of aromatic nitrogens is 3. The van der Waals surface area contributed by atoms with E-state index in [9.17, 15) is 9.59 Å². The maximum Gasteiger partial charge on any atom is 0.325 e. The Kier molecular flexibility index (Phi) is 5.30. The summed E-state index contributed by atoms with van der Waals surface area (Å²) >= 11 is 0. The zero-order valence-electron chi connectivity index (χ0n) is 12.3. The summed E-state index contributed by atoms with van der Waals surface area (Å²) in [7, 11) is 0. The Labute approximate surface area is 123 Å². The van der Waals surface area contributed by atoms with Crippen LogP contribution in [0.4, 0.5) is 0 Å². The highest BCUT2D eigenvalue weighted by Gasteiger charge is 2.21. The third kappa shape index (κ3) is 5.17. The van der Waals surface area contributed by atoms with Crippen LogP contribution >= 0.6 is 0 Å². The Morgan fingerprint density at radius 2 is 2.29 bits per heavy atom. The van der Waals surface area contributed by atoms with Gasteiger partial charge in [-0.1, -0.05) is 25.0 Å². The van der Waals surface area contributed by atoms with E-state index >= 15 is 0 Å². The second kappa shape index (κ2) is 7.19. The minimum absolute atomic E-state index is 0.0295. The summed E-state index contributed by atoms with van der Waals surface area (Å²) < 4.78 is 1.24. The lowest BCUT2D eigenvalue weighted by molar-refractivity contribution is -0.138. The van der Waals surface area contributed by atoms with E-state index in [4.69, 9.17) is 5.11 Å². The van der Waals surface area contributed by atoms with Crippen molar-refractivity contribution in [1.29, 1.82) is 0 Å². The van der Waals surface area contributed by atoms with Gasteiger partial charge >= 0.3 is 5.97 Å². The Hall–Kier alpha value is -1.92. The van der Waals surface area contributed by atoms with Gasteiger partial charge < -0.3 is 10.4 Å². The third-order valence-electron chi connectivity index (χ3n) is 3.87. The Balaban J connectivity index is 1.73. The summed E-state index contributed by atoms with van der Waals surface area (Å²) in [6.07, 6.45) is 6.84. The third-order valence-corrected chi connectivity index (χ3v) is 3.87. The fraction of sp³-hybridized carbons (Fsp3) is 0.714. The Morgan fingerprint density at radius 3 is 3.00 bits per heavy atom. The highest BCUT2D eigenvalue weighted by atomic mass is 16.4. The topological polar surface area (TPSA) is 97.1 Å². The summed E-state index contributed by atoms with van der Waals surface area (Å²) in [5.74, 6) is 0.257. The first-order valence-corrected chi connectivity index (χ1v) is 7.40. The lowest BCUT2D eigenvalue weighted by atomic mass is 9.81. The number of carbonyl (C=O) groups is 2. The quantitative estimate of drug-likeness (QED) is 0.821. The highest BCUT2D eigenvalue weighted by Crippen LogP contribution is 2.30. The molecule has 1 saturated carbocycles. The predicted molar refractivity (Wildman–Crippen MR) is 75.2 cm³/mol. The van der Waals surface area contributed by atoms with Gasteiger partial charge in [0.05, 0.1) is 12.7 Å². The van der Waals surface area contributed by atoms with Crippen LogP contribution in [0, 0.1) is 11.8 Å². The maximum atomic E-state index is 11.9. The van der Waals surface area contributed by atoms with Crippen molar-refractivity contribution < 1.29 is 14.7 Å². The van der Waals surface area contributed by atoms with Gasteiger partial charge in [0.15, 0.2) is 0 Å².